The van der Waals surface area contributed by atoms with Gasteiger partial charge in [-0.05, 0) is 6.42 Å². The average molecular weight is 188 g/mol. The third-order valence-corrected chi connectivity index (χ3v) is 2.11. The Morgan fingerprint density at radius 1 is 1.54 bits per heavy atom. The van der Waals surface area contributed by atoms with Gasteiger partial charge in [0.25, 0.3) is 0 Å². The summed E-state index contributed by atoms with van der Waals surface area (Å²) < 4.78 is 4.75. The van der Waals surface area contributed by atoms with Crippen LogP contribution >= 0.6 is 0 Å². The minimum atomic E-state index is -0.724. The minimum Gasteiger partial charge on any atom is -0.462 e. The number of hydrogen-bond acceptors (Lipinski definition) is 4. The zero-order valence-corrected chi connectivity index (χ0v) is 7.82. The molecule has 0 radical (unpaired) electrons. The van der Waals surface area contributed by atoms with Crippen LogP contribution in [0.4, 0.5) is 0 Å². The van der Waals surface area contributed by atoms with Gasteiger partial charge in [-0.25, -0.2) is 4.79 Å². The monoisotopic (exact) mass is 188 g/mol. The predicted molar refractivity (Wildman–Crippen MR) is 48.1 cm³/mol. The van der Waals surface area contributed by atoms with Crippen LogP contribution in [0, 0.1) is 5.41 Å². The number of carbonyl (C=O) groups is 1. The molecule has 4 nitrogen and oxygen atoms in total. The molecule has 0 aromatic carbocycles. The van der Waals surface area contributed by atoms with E-state index in [9.17, 15) is 4.79 Å². The van der Waals surface area contributed by atoms with Gasteiger partial charge in [-0.3, -0.25) is 0 Å². The summed E-state index contributed by atoms with van der Waals surface area (Å²) in [7, 11) is 0. The first-order chi connectivity index (χ1) is 6.14. The highest BCUT2D eigenvalue weighted by atomic mass is 16.5. The van der Waals surface area contributed by atoms with E-state index in [1.165, 1.54) is 0 Å². The van der Waals surface area contributed by atoms with Crippen molar-refractivity contribution >= 4 is 5.97 Å². The summed E-state index contributed by atoms with van der Waals surface area (Å²) in [5.74, 6) is -0.542. The summed E-state index contributed by atoms with van der Waals surface area (Å²) in [4.78, 5) is 10.7. The molecule has 0 aliphatic rings. The Balaban J connectivity index is 4.09. The number of esters is 1. The molecule has 0 bridgehead atoms. The maximum atomic E-state index is 10.7. The standard InChI is InChI=1S/C9H16O4/c1-3-8(12)13-7-9(4-2,5-10)6-11/h3,10-11H,1,4-7H2,2H3. The first kappa shape index (κ1) is 12.1. The Morgan fingerprint density at radius 3 is 2.38 bits per heavy atom. The zero-order chi connectivity index (χ0) is 10.3. The largest absolute Gasteiger partial charge is 0.462 e. The van der Waals surface area contributed by atoms with Crippen LogP contribution in [0.1, 0.15) is 13.3 Å². The van der Waals surface area contributed by atoms with Gasteiger partial charge in [0.2, 0.25) is 0 Å². The van der Waals surface area contributed by atoms with Crippen molar-refractivity contribution in [3.8, 4) is 0 Å². The molecular formula is C9H16O4. The Kier molecular flexibility index (Phi) is 5.34. The van der Waals surface area contributed by atoms with Crippen LogP contribution < -0.4 is 0 Å². The number of carbonyl (C=O) groups excluding carboxylic acids is 1. The second kappa shape index (κ2) is 5.72. The van der Waals surface area contributed by atoms with Crippen LogP contribution in [0.5, 0.6) is 0 Å². The molecule has 2 N–H and O–H groups in total. The van der Waals surface area contributed by atoms with Gasteiger partial charge >= 0.3 is 5.97 Å². The topological polar surface area (TPSA) is 66.8 Å². The molecule has 0 saturated carbocycles. The van der Waals surface area contributed by atoms with Crippen LogP contribution in [-0.2, 0) is 9.53 Å². The smallest absolute Gasteiger partial charge is 0.330 e. The van der Waals surface area contributed by atoms with Crippen molar-refractivity contribution in [1.82, 2.24) is 0 Å². The Bertz CT molecular complexity index is 164. The lowest BCUT2D eigenvalue weighted by Gasteiger charge is -2.27. The van der Waals surface area contributed by atoms with Gasteiger partial charge in [-0.1, -0.05) is 13.5 Å². The molecule has 4 heteroatoms. The zero-order valence-electron chi connectivity index (χ0n) is 7.82. The number of hydrogen-bond donors (Lipinski definition) is 2. The highest BCUT2D eigenvalue weighted by Gasteiger charge is 2.28. The van der Waals surface area contributed by atoms with Gasteiger partial charge in [-0.15, -0.1) is 0 Å². The summed E-state index contributed by atoms with van der Waals surface area (Å²) in [6.07, 6.45) is 1.60. The van der Waals surface area contributed by atoms with Crippen molar-refractivity contribution in [1.29, 1.82) is 0 Å². The number of rotatable bonds is 6. The molecule has 0 aliphatic carbocycles. The van der Waals surface area contributed by atoms with Crippen LogP contribution in [0.3, 0.4) is 0 Å². The van der Waals surface area contributed by atoms with Gasteiger partial charge < -0.3 is 14.9 Å². The molecule has 0 saturated heterocycles. The molecule has 0 amide bonds. The van der Waals surface area contributed by atoms with E-state index in [-0.39, 0.29) is 19.8 Å². The van der Waals surface area contributed by atoms with Gasteiger partial charge in [0.05, 0.1) is 18.6 Å². The van der Waals surface area contributed by atoms with Crippen LogP contribution in [0.25, 0.3) is 0 Å². The fraction of sp³-hybridized carbons (Fsp3) is 0.667. The first-order valence-electron chi connectivity index (χ1n) is 4.15. The van der Waals surface area contributed by atoms with E-state index in [1.807, 2.05) is 6.92 Å². The van der Waals surface area contributed by atoms with E-state index in [1.54, 1.807) is 0 Å². The lowest BCUT2D eigenvalue weighted by Crippen LogP contribution is -2.35. The Morgan fingerprint density at radius 2 is 2.08 bits per heavy atom. The molecule has 0 rings (SSSR count). The third-order valence-electron chi connectivity index (χ3n) is 2.11. The summed E-state index contributed by atoms with van der Waals surface area (Å²) >= 11 is 0. The van der Waals surface area contributed by atoms with Crippen molar-refractivity contribution in [2.75, 3.05) is 19.8 Å². The molecule has 76 valence electrons. The molecule has 0 aromatic rings. The highest BCUT2D eigenvalue weighted by molar-refractivity contribution is 5.81. The fourth-order valence-corrected chi connectivity index (χ4v) is 0.750. The molecule has 0 heterocycles. The minimum absolute atomic E-state index is 0.0152. The number of aliphatic hydroxyl groups is 2. The fourth-order valence-electron chi connectivity index (χ4n) is 0.750. The average Bonchev–Trinajstić information content (AvgIpc) is 2.20. The normalized spacial score (nSPS) is 11.0. The Hall–Kier alpha value is -0.870. The van der Waals surface area contributed by atoms with E-state index in [0.29, 0.717) is 6.42 Å². The summed E-state index contributed by atoms with van der Waals surface area (Å²) in [5, 5.41) is 18.0. The van der Waals surface area contributed by atoms with Crippen molar-refractivity contribution in [2.24, 2.45) is 5.41 Å². The molecule has 0 atom stereocenters. The van der Waals surface area contributed by atoms with E-state index in [2.05, 4.69) is 6.58 Å². The number of ether oxygens (including phenoxy) is 1. The summed E-state index contributed by atoms with van der Waals surface area (Å²) in [6, 6.07) is 0. The predicted octanol–water partition coefficient (Wildman–Crippen LogP) is 0.0966. The summed E-state index contributed by atoms with van der Waals surface area (Å²) in [5.41, 5.74) is -0.724. The van der Waals surface area contributed by atoms with Crippen LogP contribution in [-0.4, -0.2) is 36.0 Å². The molecule has 13 heavy (non-hydrogen) atoms. The molecule has 0 aliphatic heterocycles. The van der Waals surface area contributed by atoms with Gasteiger partial charge in [0.1, 0.15) is 6.61 Å². The van der Waals surface area contributed by atoms with Crippen LogP contribution in [0.2, 0.25) is 0 Å². The third kappa shape index (κ3) is 3.57. The lowest BCUT2D eigenvalue weighted by molar-refractivity contribution is -0.143. The molecule has 0 aromatic heterocycles. The van der Waals surface area contributed by atoms with Crippen molar-refractivity contribution < 1.29 is 19.7 Å². The van der Waals surface area contributed by atoms with E-state index in [0.717, 1.165) is 6.08 Å². The second-order valence-electron chi connectivity index (χ2n) is 2.98. The van der Waals surface area contributed by atoms with Crippen molar-refractivity contribution in [2.45, 2.75) is 13.3 Å². The van der Waals surface area contributed by atoms with E-state index < -0.39 is 11.4 Å². The van der Waals surface area contributed by atoms with Crippen LogP contribution in [0.15, 0.2) is 12.7 Å². The highest BCUT2D eigenvalue weighted by Crippen LogP contribution is 2.20. The van der Waals surface area contributed by atoms with Crippen molar-refractivity contribution in [3.05, 3.63) is 12.7 Å². The SMILES string of the molecule is C=CC(=O)OCC(CC)(CO)CO. The molecule has 0 spiro atoms. The maximum absolute atomic E-state index is 10.7. The molecular weight excluding hydrogens is 172 g/mol. The second-order valence-corrected chi connectivity index (χ2v) is 2.98. The van der Waals surface area contributed by atoms with Gasteiger partial charge in [-0.2, -0.15) is 0 Å². The molecule has 0 fully saturated rings. The first-order valence-corrected chi connectivity index (χ1v) is 4.15. The van der Waals surface area contributed by atoms with Crippen molar-refractivity contribution in [3.63, 3.8) is 0 Å². The van der Waals surface area contributed by atoms with E-state index >= 15 is 0 Å². The molecule has 0 unspecified atom stereocenters. The quantitative estimate of drug-likeness (QED) is 0.458. The van der Waals surface area contributed by atoms with Gasteiger partial charge in [0.15, 0.2) is 0 Å². The Labute approximate surface area is 77.8 Å². The lowest BCUT2D eigenvalue weighted by atomic mass is 9.88. The maximum Gasteiger partial charge on any atom is 0.330 e. The van der Waals surface area contributed by atoms with Gasteiger partial charge in [0, 0.05) is 6.08 Å². The summed E-state index contributed by atoms with van der Waals surface area (Å²) in [6.45, 7) is 4.66. The number of aliphatic hydroxyl groups excluding tert-OH is 2. The van der Waals surface area contributed by atoms with E-state index in [4.69, 9.17) is 14.9 Å².